The van der Waals surface area contributed by atoms with Gasteiger partial charge in [0.1, 0.15) is 5.75 Å². The van der Waals surface area contributed by atoms with Crippen LogP contribution >= 0.6 is 0 Å². The summed E-state index contributed by atoms with van der Waals surface area (Å²) in [5.74, 6) is 0.649. The molecule has 0 aliphatic heterocycles. The van der Waals surface area contributed by atoms with E-state index in [1.807, 2.05) is 31.2 Å². The fourth-order valence-electron chi connectivity index (χ4n) is 1.44. The third-order valence-corrected chi connectivity index (χ3v) is 2.51. The van der Waals surface area contributed by atoms with Crippen LogP contribution in [0.25, 0.3) is 0 Å². The molecule has 17 heavy (non-hydrogen) atoms. The summed E-state index contributed by atoms with van der Waals surface area (Å²) in [5, 5.41) is 3.26. The SMILES string of the molecule is COC(=O)CC(C)NCc1ccc(OC)cc1. The zero-order valence-corrected chi connectivity index (χ0v) is 10.5. The predicted molar refractivity (Wildman–Crippen MR) is 65.9 cm³/mol. The van der Waals surface area contributed by atoms with Crippen molar-refractivity contribution in [3.8, 4) is 5.75 Å². The number of benzene rings is 1. The molecule has 1 unspecified atom stereocenters. The number of rotatable bonds is 6. The maximum Gasteiger partial charge on any atom is 0.307 e. The van der Waals surface area contributed by atoms with Gasteiger partial charge in [0.15, 0.2) is 0 Å². The maximum atomic E-state index is 11.0. The van der Waals surface area contributed by atoms with Crippen LogP contribution < -0.4 is 10.1 Å². The van der Waals surface area contributed by atoms with Gasteiger partial charge in [-0.25, -0.2) is 0 Å². The molecule has 0 spiro atoms. The summed E-state index contributed by atoms with van der Waals surface area (Å²) in [4.78, 5) is 11.0. The first-order valence-electron chi connectivity index (χ1n) is 5.59. The van der Waals surface area contributed by atoms with Crippen LogP contribution in [-0.4, -0.2) is 26.2 Å². The summed E-state index contributed by atoms with van der Waals surface area (Å²) in [6, 6.07) is 7.93. The smallest absolute Gasteiger partial charge is 0.307 e. The number of nitrogens with one attached hydrogen (secondary N) is 1. The van der Waals surface area contributed by atoms with Crippen molar-refractivity contribution in [1.29, 1.82) is 0 Å². The molecule has 1 N–H and O–H groups in total. The molecule has 1 aromatic carbocycles. The number of hydrogen-bond acceptors (Lipinski definition) is 4. The summed E-state index contributed by atoms with van der Waals surface area (Å²) < 4.78 is 9.69. The molecule has 4 nitrogen and oxygen atoms in total. The van der Waals surface area contributed by atoms with E-state index in [1.54, 1.807) is 7.11 Å². The number of esters is 1. The molecule has 94 valence electrons. The molecule has 0 aromatic heterocycles. The van der Waals surface area contributed by atoms with Gasteiger partial charge in [-0.2, -0.15) is 0 Å². The molecular formula is C13H19NO3. The summed E-state index contributed by atoms with van der Waals surface area (Å²) in [6.45, 7) is 2.68. The highest BCUT2D eigenvalue weighted by Crippen LogP contribution is 2.11. The van der Waals surface area contributed by atoms with Crippen molar-refractivity contribution in [3.63, 3.8) is 0 Å². The van der Waals surface area contributed by atoms with Crippen LogP contribution in [0.3, 0.4) is 0 Å². The predicted octanol–water partition coefficient (Wildman–Crippen LogP) is 1.74. The lowest BCUT2D eigenvalue weighted by atomic mass is 10.2. The van der Waals surface area contributed by atoms with Crippen molar-refractivity contribution in [2.75, 3.05) is 14.2 Å². The van der Waals surface area contributed by atoms with Crippen LogP contribution in [0.1, 0.15) is 18.9 Å². The fraction of sp³-hybridized carbons (Fsp3) is 0.462. The number of ether oxygens (including phenoxy) is 2. The number of methoxy groups -OCH3 is 2. The largest absolute Gasteiger partial charge is 0.497 e. The van der Waals surface area contributed by atoms with Gasteiger partial charge in [0, 0.05) is 12.6 Å². The normalized spacial score (nSPS) is 11.9. The van der Waals surface area contributed by atoms with Gasteiger partial charge in [-0.15, -0.1) is 0 Å². The number of hydrogen-bond donors (Lipinski definition) is 1. The lowest BCUT2D eigenvalue weighted by Gasteiger charge is -2.12. The first-order chi connectivity index (χ1) is 8.15. The van der Waals surface area contributed by atoms with Crippen LogP contribution in [0.4, 0.5) is 0 Å². The van der Waals surface area contributed by atoms with E-state index in [2.05, 4.69) is 10.1 Å². The molecule has 0 radical (unpaired) electrons. The Morgan fingerprint density at radius 2 is 1.94 bits per heavy atom. The number of carbonyl (C=O) groups excluding carboxylic acids is 1. The van der Waals surface area contributed by atoms with E-state index in [1.165, 1.54) is 7.11 Å². The van der Waals surface area contributed by atoms with Crippen molar-refractivity contribution in [2.45, 2.75) is 25.9 Å². The monoisotopic (exact) mass is 237 g/mol. The lowest BCUT2D eigenvalue weighted by Crippen LogP contribution is -2.28. The molecule has 0 heterocycles. The molecule has 4 heteroatoms. The minimum atomic E-state index is -0.195. The Balaban J connectivity index is 2.36. The maximum absolute atomic E-state index is 11.0. The van der Waals surface area contributed by atoms with Gasteiger partial charge in [0.25, 0.3) is 0 Å². The molecule has 0 bridgehead atoms. The van der Waals surface area contributed by atoms with E-state index in [4.69, 9.17) is 4.74 Å². The lowest BCUT2D eigenvalue weighted by molar-refractivity contribution is -0.141. The van der Waals surface area contributed by atoms with Crippen molar-refractivity contribution in [2.24, 2.45) is 0 Å². The average molecular weight is 237 g/mol. The zero-order chi connectivity index (χ0) is 12.7. The van der Waals surface area contributed by atoms with E-state index in [9.17, 15) is 4.79 Å². The first kappa shape index (κ1) is 13.5. The molecule has 0 aliphatic carbocycles. The first-order valence-corrected chi connectivity index (χ1v) is 5.59. The molecular weight excluding hydrogens is 218 g/mol. The molecule has 0 amide bonds. The van der Waals surface area contributed by atoms with Gasteiger partial charge in [-0.3, -0.25) is 4.79 Å². The van der Waals surface area contributed by atoms with Crippen molar-refractivity contribution in [1.82, 2.24) is 5.32 Å². The van der Waals surface area contributed by atoms with E-state index in [0.29, 0.717) is 6.42 Å². The van der Waals surface area contributed by atoms with E-state index in [-0.39, 0.29) is 12.0 Å². The second-order valence-electron chi connectivity index (χ2n) is 3.91. The van der Waals surface area contributed by atoms with Crippen molar-refractivity contribution < 1.29 is 14.3 Å². The molecule has 0 saturated carbocycles. The number of carbonyl (C=O) groups is 1. The highest BCUT2D eigenvalue weighted by Gasteiger charge is 2.08. The summed E-state index contributed by atoms with van der Waals surface area (Å²) in [6.07, 6.45) is 0.382. The van der Waals surface area contributed by atoms with Gasteiger partial charge in [-0.1, -0.05) is 12.1 Å². The van der Waals surface area contributed by atoms with E-state index in [0.717, 1.165) is 17.9 Å². The average Bonchev–Trinajstić information content (AvgIpc) is 2.36. The van der Waals surface area contributed by atoms with Crippen LogP contribution in [-0.2, 0) is 16.1 Å². The molecule has 0 fully saturated rings. The van der Waals surface area contributed by atoms with Crippen molar-refractivity contribution >= 4 is 5.97 Å². The second-order valence-corrected chi connectivity index (χ2v) is 3.91. The highest BCUT2D eigenvalue weighted by molar-refractivity contribution is 5.69. The van der Waals surface area contributed by atoms with Crippen LogP contribution in [0.2, 0.25) is 0 Å². The molecule has 0 aliphatic rings. The second kappa shape index (κ2) is 6.91. The summed E-state index contributed by atoms with van der Waals surface area (Å²) in [5.41, 5.74) is 1.16. The summed E-state index contributed by atoms with van der Waals surface area (Å²) in [7, 11) is 3.05. The Labute approximate surface area is 102 Å². The highest BCUT2D eigenvalue weighted by atomic mass is 16.5. The molecule has 1 rings (SSSR count). The molecule has 0 saturated heterocycles. The zero-order valence-electron chi connectivity index (χ0n) is 10.5. The third-order valence-electron chi connectivity index (χ3n) is 2.51. The van der Waals surface area contributed by atoms with Crippen LogP contribution in [0, 0.1) is 0 Å². The van der Waals surface area contributed by atoms with Crippen LogP contribution in [0.15, 0.2) is 24.3 Å². The van der Waals surface area contributed by atoms with E-state index < -0.39 is 0 Å². The van der Waals surface area contributed by atoms with Gasteiger partial charge in [0.2, 0.25) is 0 Å². The Morgan fingerprint density at radius 1 is 1.29 bits per heavy atom. The van der Waals surface area contributed by atoms with Gasteiger partial charge in [-0.05, 0) is 24.6 Å². The topological polar surface area (TPSA) is 47.6 Å². The van der Waals surface area contributed by atoms with Gasteiger partial charge < -0.3 is 14.8 Å². The Bertz CT molecular complexity index is 348. The fourth-order valence-corrected chi connectivity index (χ4v) is 1.44. The van der Waals surface area contributed by atoms with Gasteiger partial charge in [0.05, 0.1) is 20.6 Å². The minimum absolute atomic E-state index is 0.101. The van der Waals surface area contributed by atoms with Crippen molar-refractivity contribution in [3.05, 3.63) is 29.8 Å². The van der Waals surface area contributed by atoms with Crippen LogP contribution in [0.5, 0.6) is 5.75 Å². The standard InChI is InChI=1S/C13H19NO3/c1-10(8-13(15)17-3)14-9-11-4-6-12(16-2)7-5-11/h4-7,10,14H,8-9H2,1-3H3. The van der Waals surface area contributed by atoms with Gasteiger partial charge >= 0.3 is 5.97 Å². The Kier molecular flexibility index (Phi) is 5.49. The molecule has 1 atom stereocenters. The Hall–Kier alpha value is -1.55. The Morgan fingerprint density at radius 3 is 2.47 bits per heavy atom. The minimum Gasteiger partial charge on any atom is -0.497 e. The quantitative estimate of drug-likeness (QED) is 0.765. The third kappa shape index (κ3) is 4.87. The molecule has 1 aromatic rings. The summed E-state index contributed by atoms with van der Waals surface area (Å²) >= 11 is 0. The van der Waals surface area contributed by atoms with E-state index >= 15 is 0 Å².